The number of sulfone groups is 1. The zero-order valence-corrected chi connectivity index (χ0v) is 15.2. The number of carbonyl (C=O) groups is 1. The van der Waals surface area contributed by atoms with Gasteiger partial charge in [-0.05, 0) is 38.1 Å². The lowest BCUT2D eigenvalue weighted by atomic mass is 10.2. The van der Waals surface area contributed by atoms with E-state index in [-0.39, 0.29) is 5.56 Å². The van der Waals surface area contributed by atoms with E-state index in [0.29, 0.717) is 6.07 Å². The molecular weight excluding hydrogens is 388 g/mol. The van der Waals surface area contributed by atoms with E-state index in [9.17, 15) is 30.8 Å². The van der Waals surface area contributed by atoms with Crippen LogP contribution in [0.3, 0.4) is 0 Å². The molecule has 0 radical (unpaired) electrons. The topological polar surface area (TPSA) is 76.1 Å². The largest absolute Gasteiger partial charge is 0.416 e. The molecule has 1 aromatic heterocycles. The summed E-state index contributed by atoms with van der Waals surface area (Å²) in [6, 6.07) is 5.51. The standard InChI is InChI=1S/C17H16F4N2O3S/c1-16(2,10-23-15(24)11-6-7-22-14(18)8-11)27(25,26)13-5-3-4-12(9-13)17(19,20)21/h3-9H,10H2,1-2H3,(H,23,24). The van der Waals surface area contributed by atoms with E-state index in [1.54, 1.807) is 0 Å². The third kappa shape index (κ3) is 4.62. The van der Waals surface area contributed by atoms with Crippen molar-refractivity contribution in [1.82, 2.24) is 10.3 Å². The Kier molecular flexibility index (Phi) is 5.60. The van der Waals surface area contributed by atoms with Crippen LogP contribution in [0.5, 0.6) is 0 Å². The molecule has 0 aliphatic carbocycles. The number of halogens is 4. The summed E-state index contributed by atoms with van der Waals surface area (Å²) in [6.45, 7) is 2.15. The molecular formula is C17H16F4N2O3S. The number of pyridine rings is 1. The SMILES string of the molecule is CC(C)(CNC(=O)c1ccnc(F)c1)S(=O)(=O)c1cccc(C(F)(F)F)c1. The minimum atomic E-state index is -4.69. The molecule has 10 heteroatoms. The predicted molar refractivity (Wildman–Crippen MR) is 89.2 cm³/mol. The van der Waals surface area contributed by atoms with Crippen LogP contribution in [0.4, 0.5) is 17.6 Å². The summed E-state index contributed by atoms with van der Waals surface area (Å²) in [5, 5.41) is 2.35. The van der Waals surface area contributed by atoms with Crippen molar-refractivity contribution in [2.24, 2.45) is 0 Å². The monoisotopic (exact) mass is 404 g/mol. The second-order valence-electron chi connectivity index (χ2n) is 6.34. The first-order chi connectivity index (χ1) is 12.3. The number of nitrogens with zero attached hydrogens (tertiary/aromatic N) is 1. The van der Waals surface area contributed by atoms with Crippen LogP contribution in [0.1, 0.15) is 29.8 Å². The van der Waals surface area contributed by atoms with E-state index in [4.69, 9.17) is 0 Å². The first kappa shape index (κ1) is 20.8. The van der Waals surface area contributed by atoms with Gasteiger partial charge in [-0.1, -0.05) is 6.07 Å². The van der Waals surface area contributed by atoms with E-state index in [1.165, 1.54) is 19.9 Å². The van der Waals surface area contributed by atoms with Gasteiger partial charge in [0.05, 0.1) is 15.2 Å². The van der Waals surface area contributed by atoms with Crippen LogP contribution in [0, 0.1) is 5.95 Å². The number of hydrogen-bond acceptors (Lipinski definition) is 4. The first-order valence-electron chi connectivity index (χ1n) is 7.66. The minimum absolute atomic E-state index is 0.0604. The Morgan fingerprint density at radius 1 is 1.15 bits per heavy atom. The highest BCUT2D eigenvalue weighted by atomic mass is 32.2. The maximum Gasteiger partial charge on any atom is 0.416 e. The average Bonchev–Trinajstić information content (AvgIpc) is 2.59. The van der Waals surface area contributed by atoms with Crippen molar-refractivity contribution in [3.05, 3.63) is 59.7 Å². The first-order valence-corrected chi connectivity index (χ1v) is 9.14. The zero-order chi connectivity index (χ0) is 20.5. The van der Waals surface area contributed by atoms with Gasteiger partial charge in [0.15, 0.2) is 9.84 Å². The maximum atomic E-state index is 13.1. The second kappa shape index (κ2) is 7.26. The van der Waals surface area contributed by atoms with Crippen molar-refractivity contribution < 1.29 is 30.8 Å². The fourth-order valence-electron chi connectivity index (χ4n) is 2.19. The van der Waals surface area contributed by atoms with Crippen molar-refractivity contribution in [3.63, 3.8) is 0 Å². The molecule has 0 atom stereocenters. The summed E-state index contributed by atoms with van der Waals surface area (Å²) < 4.78 is 75.5. The van der Waals surface area contributed by atoms with Gasteiger partial charge >= 0.3 is 6.18 Å². The normalized spacial score (nSPS) is 12.7. The van der Waals surface area contributed by atoms with E-state index in [2.05, 4.69) is 10.3 Å². The molecule has 0 saturated heterocycles. The van der Waals surface area contributed by atoms with Crippen molar-refractivity contribution in [2.45, 2.75) is 29.7 Å². The van der Waals surface area contributed by atoms with Gasteiger partial charge in [-0.25, -0.2) is 13.4 Å². The number of alkyl halides is 3. The Labute approximate surface area is 153 Å². The van der Waals surface area contributed by atoms with Crippen molar-refractivity contribution in [3.8, 4) is 0 Å². The van der Waals surface area contributed by atoms with Gasteiger partial charge in [-0.15, -0.1) is 0 Å². The third-order valence-electron chi connectivity index (χ3n) is 3.86. The number of rotatable bonds is 5. The van der Waals surface area contributed by atoms with E-state index >= 15 is 0 Å². The lowest BCUT2D eigenvalue weighted by Crippen LogP contribution is -2.44. The highest BCUT2D eigenvalue weighted by Crippen LogP contribution is 2.33. The van der Waals surface area contributed by atoms with E-state index in [1.807, 2.05) is 0 Å². The Balaban J connectivity index is 2.23. The summed E-state index contributed by atoms with van der Waals surface area (Å²) in [5.41, 5.74) is -1.15. The molecule has 146 valence electrons. The molecule has 1 N–H and O–H groups in total. The van der Waals surface area contributed by atoms with Gasteiger partial charge in [0.25, 0.3) is 5.91 Å². The lowest BCUT2D eigenvalue weighted by molar-refractivity contribution is -0.137. The molecule has 0 saturated carbocycles. The quantitative estimate of drug-likeness (QED) is 0.613. The van der Waals surface area contributed by atoms with Gasteiger partial charge in [0.2, 0.25) is 5.95 Å². The van der Waals surface area contributed by atoms with Crippen LogP contribution in [0.15, 0.2) is 47.5 Å². The molecule has 1 amide bonds. The molecule has 0 fully saturated rings. The van der Waals surface area contributed by atoms with Crippen LogP contribution in [-0.2, 0) is 16.0 Å². The van der Waals surface area contributed by atoms with Crippen LogP contribution >= 0.6 is 0 Å². The Bertz CT molecular complexity index is 957. The maximum absolute atomic E-state index is 13.1. The summed E-state index contributed by atoms with van der Waals surface area (Å²) >= 11 is 0. The van der Waals surface area contributed by atoms with Crippen molar-refractivity contribution in [1.29, 1.82) is 0 Å². The van der Waals surface area contributed by atoms with Crippen LogP contribution < -0.4 is 5.32 Å². The van der Waals surface area contributed by atoms with Gasteiger partial charge in [-0.2, -0.15) is 17.6 Å². The average molecular weight is 404 g/mol. The number of carbonyl (C=O) groups excluding carboxylic acids is 1. The van der Waals surface area contributed by atoms with Gasteiger partial charge in [-0.3, -0.25) is 4.79 Å². The number of aromatic nitrogens is 1. The summed E-state index contributed by atoms with van der Waals surface area (Å²) in [7, 11) is -4.21. The third-order valence-corrected chi connectivity index (χ3v) is 6.34. The van der Waals surface area contributed by atoms with Crippen LogP contribution in [0.2, 0.25) is 0 Å². The lowest BCUT2D eigenvalue weighted by Gasteiger charge is -2.25. The number of nitrogens with one attached hydrogen (secondary N) is 1. The minimum Gasteiger partial charge on any atom is -0.350 e. The predicted octanol–water partition coefficient (Wildman–Crippen LogP) is 3.22. The van der Waals surface area contributed by atoms with Crippen LogP contribution in [-0.4, -0.2) is 30.6 Å². The molecule has 5 nitrogen and oxygen atoms in total. The molecule has 0 aliphatic rings. The van der Waals surface area contributed by atoms with Gasteiger partial charge < -0.3 is 5.32 Å². The molecule has 1 heterocycles. The number of amides is 1. The van der Waals surface area contributed by atoms with E-state index < -0.39 is 49.6 Å². The van der Waals surface area contributed by atoms with E-state index in [0.717, 1.165) is 30.5 Å². The summed E-state index contributed by atoms with van der Waals surface area (Å²) in [5.74, 6) is -1.61. The Hall–Kier alpha value is -2.49. The summed E-state index contributed by atoms with van der Waals surface area (Å²) in [4.78, 5) is 14.8. The molecule has 2 rings (SSSR count). The molecule has 0 aliphatic heterocycles. The van der Waals surface area contributed by atoms with Crippen LogP contribution in [0.25, 0.3) is 0 Å². The van der Waals surface area contributed by atoms with Crippen molar-refractivity contribution in [2.75, 3.05) is 6.54 Å². The van der Waals surface area contributed by atoms with Crippen molar-refractivity contribution >= 4 is 15.7 Å². The fourth-order valence-corrected chi connectivity index (χ4v) is 3.63. The summed E-state index contributed by atoms with van der Waals surface area (Å²) in [6.07, 6.45) is -3.61. The highest BCUT2D eigenvalue weighted by Gasteiger charge is 2.38. The highest BCUT2D eigenvalue weighted by molar-refractivity contribution is 7.92. The fraction of sp³-hybridized carbons (Fsp3) is 0.294. The second-order valence-corrected chi connectivity index (χ2v) is 8.92. The Morgan fingerprint density at radius 2 is 1.81 bits per heavy atom. The number of hydrogen-bond donors (Lipinski definition) is 1. The zero-order valence-electron chi connectivity index (χ0n) is 14.3. The Morgan fingerprint density at radius 3 is 2.41 bits per heavy atom. The molecule has 27 heavy (non-hydrogen) atoms. The van der Waals surface area contributed by atoms with Gasteiger partial charge in [0.1, 0.15) is 0 Å². The molecule has 0 spiro atoms. The van der Waals surface area contributed by atoms with Gasteiger partial charge in [0, 0.05) is 24.4 Å². The molecule has 0 bridgehead atoms. The molecule has 1 aromatic carbocycles. The molecule has 0 unspecified atom stereocenters. The molecule has 2 aromatic rings. The smallest absolute Gasteiger partial charge is 0.350 e. The number of benzene rings is 1.